The first-order valence-electron chi connectivity index (χ1n) is 7.80. The van der Waals surface area contributed by atoms with Gasteiger partial charge in [-0.2, -0.15) is 0 Å². The van der Waals surface area contributed by atoms with Gasteiger partial charge in [0.2, 0.25) is 0 Å². The van der Waals surface area contributed by atoms with Crippen LogP contribution in [0.2, 0.25) is 0 Å². The summed E-state index contributed by atoms with van der Waals surface area (Å²) in [6, 6.07) is 16.7. The van der Waals surface area contributed by atoms with Crippen LogP contribution in [-0.4, -0.2) is 24.0 Å². The molecule has 0 bridgehead atoms. The molecule has 0 unspecified atom stereocenters. The Morgan fingerprint density at radius 3 is 2.48 bits per heavy atom. The van der Waals surface area contributed by atoms with Gasteiger partial charge in [0.15, 0.2) is 5.78 Å². The molecule has 2 rings (SSSR count). The van der Waals surface area contributed by atoms with E-state index in [1.54, 1.807) is 6.07 Å². The van der Waals surface area contributed by atoms with Crippen LogP contribution in [0.15, 0.2) is 59.5 Å². The average molecular weight is 327 g/mol. The molecular formula is C19H21NO2S. The van der Waals surface area contributed by atoms with Gasteiger partial charge in [-0.25, -0.2) is 0 Å². The summed E-state index contributed by atoms with van der Waals surface area (Å²) in [5.74, 6) is 0.397. The number of amides is 1. The fourth-order valence-corrected chi connectivity index (χ4v) is 2.91. The highest BCUT2D eigenvalue weighted by Gasteiger charge is 2.08. The summed E-state index contributed by atoms with van der Waals surface area (Å²) in [5, 5.41) is 2.90. The molecule has 0 atom stereocenters. The molecule has 1 amide bonds. The Morgan fingerprint density at radius 2 is 1.74 bits per heavy atom. The molecule has 0 aliphatic heterocycles. The number of Topliss-reactive ketones (excluding diaryl/α,β-unsaturated/α-hetero) is 1. The highest BCUT2D eigenvalue weighted by molar-refractivity contribution is 8.00. The van der Waals surface area contributed by atoms with Crippen molar-refractivity contribution in [2.24, 2.45) is 0 Å². The van der Waals surface area contributed by atoms with E-state index in [-0.39, 0.29) is 11.7 Å². The zero-order valence-electron chi connectivity index (χ0n) is 13.2. The van der Waals surface area contributed by atoms with Crippen molar-refractivity contribution in [3.8, 4) is 0 Å². The molecule has 0 radical (unpaired) electrons. The van der Waals surface area contributed by atoms with E-state index >= 15 is 0 Å². The number of nitrogens with one attached hydrogen (secondary N) is 1. The molecule has 0 aliphatic rings. The Bertz CT molecular complexity index is 655. The number of hydrogen-bond donors (Lipinski definition) is 1. The van der Waals surface area contributed by atoms with E-state index in [0.29, 0.717) is 23.4 Å². The maximum atomic E-state index is 12.1. The molecule has 0 fully saturated rings. The fraction of sp³-hybridized carbons (Fsp3) is 0.263. The van der Waals surface area contributed by atoms with Gasteiger partial charge in [-0.1, -0.05) is 49.7 Å². The lowest BCUT2D eigenvalue weighted by Gasteiger charge is -2.06. The van der Waals surface area contributed by atoms with Crippen LogP contribution in [0.4, 0.5) is 0 Å². The second-order valence-electron chi connectivity index (χ2n) is 5.22. The fourth-order valence-electron chi connectivity index (χ4n) is 2.06. The van der Waals surface area contributed by atoms with E-state index in [9.17, 15) is 9.59 Å². The first-order valence-corrected chi connectivity index (χ1v) is 8.78. The van der Waals surface area contributed by atoms with Gasteiger partial charge >= 0.3 is 0 Å². The minimum atomic E-state index is -0.0599. The molecule has 4 heteroatoms. The molecule has 0 aliphatic carbocycles. The Kier molecular flexibility index (Phi) is 6.88. The number of carbonyl (C=O) groups excluding carboxylic acids is 2. The van der Waals surface area contributed by atoms with Gasteiger partial charge in [-0.3, -0.25) is 9.59 Å². The summed E-state index contributed by atoms with van der Waals surface area (Å²) < 4.78 is 0. The van der Waals surface area contributed by atoms with Crippen molar-refractivity contribution in [3.05, 3.63) is 65.7 Å². The Labute approximate surface area is 141 Å². The maximum Gasteiger partial charge on any atom is 0.251 e. The summed E-state index contributed by atoms with van der Waals surface area (Å²) in [4.78, 5) is 25.1. The van der Waals surface area contributed by atoms with Crippen molar-refractivity contribution in [2.75, 3.05) is 12.3 Å². The van der Waals surface area contributed by atoms with Crippen LogP contribution in [0.3, 0.4) is 0 Å². The molecule has 0 spiro atoms. The summed E-state index contributed by atoms with van der Waals surface area (Å²) >= 11 is 1.45. The molecule has 23 heavy (non-hydrogen) atoms. The molecule has 0 saturated carbocycles. The number of ketones is 1. The van der Waals surface area contributed by atoms with E-state index < -0.39 is 0 Å². The quantitative estimate of drug-likeness (QED) is 0.449. The number of rotatable bonds is 8. The average Bonchev–Trinajstić information content (AvgIpc) is 2.61. The molecule has 2 aromatic rings. The minimum Gasteiger partial charge on any atom is -0.352 e. The second kappa shape index (κ2) is 9.16. The third-order valence-electron chi connectivity index (χ3n) is 3.38. The van der Waals surface area contributed by atoms with Gasteiger partial charge in [0, 0.05) is 22.6 Å². The summed E-state index contributed by atoms with van der Waals surface area (Å²) in [7, 11) is 0. The highest BCUT2D eigenvalue weighted by Crippen LogP contribution is 2.20. The van der Waals surface area contributed by atoms with Gasteiger partial charge in [-0.05, 0) is 24.6 Å². The number of carbonyl (C=O) groups is 2. The van der Waals surface area contributed by atoms with E-state index in [0.717, 1.165) is 17.7 Å². The number of hydrogen-bond acceptors (Lipinski definition) is 3. The first kappa shape index (κ1) is 17.3. The highest BCUT2D eigenvalue weighted by atomic mass is 32.2. The van der Waals surface area contributed by atoms with Gasteiger partial charge in [0.1, 0.15) is 0 Å². The maximum absolute atomic E-state index is 12.1. The van der Waals surface area contributed by atoms with Crippen molar-refractivity contribution >= 4 is 23.5 Å². The number of benzene rings is 2. The van der Waals surface area contributed by atoms with Gasteiger partial charge in [-0.15, -0.1) is 11.8 Å². The van der Waals surface area contributed by atoms with Crippen LogP contribution in [-0.2, 0) is 0 Å². The Hall–Kier alpha value is -2.07. The molecule has 2 aromatic carbocycles. The second-order valence-corrected chi connectivity index (χ2v) is 6.26. The topological polar surface area (TPSA) is 46.2 Å². The minimum absolute atomic E-state index is 0.0599. The molecule has 1 N–H and O–H groups in total. The zero-order valence-corrected chi connectivity index (χ0v) is 14.1. The van der Waals surface area contributed by atoms with E-state index in [2.05, 4.69) is 12.2 Å². The van der Waals surface area contributed by atoms with Crippen LogP contribution in [0.5, 0.6) is 0 Å². The van der Waals surface area contributed by atoms with Crippen molar-refractivity contribution in [3.63, 3.8) is 0 Å². The lowest BCUT2D eigenvalue weighted by molar-refractivity contribution is 0.0952. The molecule has 0 saturated heterocycles. The smallest absolute Gasteiger partial charge is 0.251 e. The summed E-state index contributed by atoms with van der Waals surface area (Å²) in [5.41, 5.74) is 1.35. The number of thioether (sulfide) groups is 1. The first-order chi connectivity index (χ1) is 11.2. The van der Waals surface area contributed by atoms with Crippen molar-refractivity contribution in [1.82, 2.24) is 5.32 Å². The van der Waals surface area contributed by atoms with Crippen LogP contribution < -0.4 is 5.32 Å². The molecule has 3 nitrogen and oxygen atoms in total. The van der Waals surface area contributed by atoms with E-state index in [1.165, 1.54) is 11.8 Å². The summed E-state index contributed by atoms with van der Waals surface area (Å²) in [6.45, 7) is 2.78. The van der Waals surface area contributed by atoms with Crippen LogP contribution in [0.1, 0.15) is 40.5 Å². The molecule has 0 aromatic heterocycles. The number of unbranched alkanes of at least 4 members (excludes halogenated alkanes) is 1. The largest absolute Gasteiger partial charge is 0.352 e. The standard InChI is InChI=1S/C19H21NO2S/c1-2-3-12-20-19(22)16-10-7-11-17(13-16)23-14-18(21)15-8-5-4-6-9-15/h4-11,13H,2-3,12,14H2,1H3,(H,20,22). The van der Waals surface area contributed by atoms with Gasteiger partial charge in [0.25, 0.3) is 5.91 Å². The van der Waals surface area contributed by atoms with E-state index in [1.807, 2.05) is 48.5 Å². The summed E-state index contributed by atoms with van der Waals surface area (Å²) in [6.07, 6.45) is 2.03. The van der Waals surface area contributed by atoms with Crippen molar-refractivity contribution in [1.29, 1.82) is 0 Å². The van der Waals surface area contributed by atoms with Crippen LogP contribution >= 0.6 is 11.8 Å². The predicted octanol–water partition coefficient (Wildman–Crippen LogP) is 4.19. The molecule has 0 heterocycles. The third-order valence-corrected chi connectivity index (χ3v) is 4.37. The Morgan fingerprint density at radius 1 is 1.00 bits per heavy atom. The van der Waals surface area contributed by atoms with Crippen LogP contribution in [0.25, 0.3) is 0 Å². The predicted molar refractivity (Wildman–Crippen MR) is 95.2 cm³/mol. The lowest BCUT2D eigenvalue weighted by atomic mass is 10.2. The zero-order chi connectivity index (χ0) is 16.5. The molecule has 120 valence electrons. The normalized spacial score (nSPS) is 10.3. The van der Waals surface area contributed by atoms with Gasteiger partial charge in [0.05, 0.1) is 5.75 Å². The van der Waals surface area contributed by atoms with Crippen molar-refractivity contribution in [2.45, 2.75) is 24.7 Å². The Balaban J connectivity index is 1.92. The monoisotopic (exact) mass is 327 g/mol. The lowest BCUT2D eigenvalue weighted by Crippen LogP contribution is -2.24. The third kappa shape index (κ3) is 5.57. The van der Waals surface area contributed by atoms with Gasteiger partial charge < -0.3 is 5.32 Å². The SMILES string of the molecule is CCCCNC(=O)c1cccc(SCC(=O)c2ccccc2)c1. The van der Waals surface area contributed by atoms with E-state index in [4.69, 9.17) is 0 Å². The van der Waals surface area contributed by atoms with Crippen molar-refractivity contribution < 1.29 is 9.59 Å². The van der Waals surface area contributed by atoms with Crippen LogP contribution in [0, 0.1) is 0 Å². The molecular weight excluding hydrogens is 306 g/mol.